The van der Waals surface area contributed by atoms with Gasteiger partial charge in [-0.25, -0.2) is 4.98 Å². The number of nitrogens with zero attached hydrogens (tertiary/aromatic N) is 2. The van der Waals surface area contributed by atoms with E-state index in [1.165, 1.54) is 0 Å². The van der Waals surface area contributed by atoms with Gasteiger partial charge >= 0.3 is 0 Å². The molecule has 0 unspecified atom stereocenters. The molecule has 128 valence electrons. The lowest BCUT2D eigenvalue weighted by atomic mass is 9.79. The van der Waals surface area contributed by atoms with E-state index in [4.69, 9.17) is 11.6 Å². The quantitative estimate of drug-likeness (QED) is 0.832. The van der Waals surface area contributed by atoms with Crippen LogP contribution in [0, 0.1) is 0 Å². The standard InChI is InChI=1S/C17H27ClN4O/c1-16(2)9-12(10-17(3,4)21-16)19-15(23)11-7-13(18)20-14(8-11)22(5)6/h7-8,12,21H,9-10H2,1-6H3,(H,19,23). The van der Waals surface area contributed by atoms with E-state index in [0.29, 0.717) is 16.5 Å². The van der Waals surface area contributed by atoms with Crippen molar-refractivity contribution >= 4 is 23.3 Å². The van der Waals surface area contributed by atoms with Crippen LogP contribution in [0.25, 0.3) is 0 Å². The monoisotopic (exact) mass is 338 g/mol. The van der Waals surface area contributed by atoms with Crippen LogP contribution < -0.4 is 15.5 Å². The van der Waals surface area contributed by atoms with Crippen LogP contribution in [0.3, 0.4) is 0 Å². The lowest BCUT2D eigenvalue weighted by molar-refractivity contribution is 0.0873. The maximum atomic E-state index is 12.6. The molecule has 1 aliphatic heterocycles. The van der Waals surface area contributed by atoms with Crippen molar-refractivity contribution in [1.82, 2.24) is 15.6 Å². The second-order valence-electron chi connectivity index (χ2n) is 7.90. The molecule has 0 aromatic carbocycles. The van der Waals surface area contributed by atoms with Gasteiger partial charge in [-0.3, -0.25) is 4.79 Å². The Morgan fingerprint density at radius 1 is 1.26 bits per heavy atom. The zero-order chi connectivity index (χ0) is 17.4. The Bertz CT molecular complexity index is 582. The third kappa shape index (κ3) is 4.82. The number of amides is 1. The summed E-state index contributed by atoms with van der Waals surface area (Å²) >= 11 is 6.04. The van der Waals surface area contributed by atoms with Gasteiger partial charge in [-0.15, -0.1) is 0 Å². The first-order chi connectivity index (χ1) is 10.5. The Morgan fingerprint density at radius 2 is 1.83 bits per heavy atom. The lowest BCUT2D eigenvalue weighted by Gasteiger charge is -2.46. The van der Waals surface area contributed by atoms with Crippen LogP contribution in [0.5, 0.6) is 0 Å². The first kappa shape index (κ1) is 18.0. The number of hydrogen-bond donors (Lipinski definition) is 2. The van der Waals surface area contributed by atoms with Gasteiger partial charge in [-0.2, -0.15) is 0 Å². The highest BCUT2D eigenvalue weighted by atomic mass is 35.5. The number of carbonyl (C=O) groups is 1. The Kier molecular flexibility index (Phi) is 4.92. The third-order valence-electron chi connectivity index (χ3n) is 4.03. The maximum Gasteiger partial charge on any atom is 0.251 e. The molecule has 1 saturated heterocycles. The molecule has 23 heavy (non-hydrogen) atoms. The molecular formula is C17H27ClN4O. The molecule has 0 aliphatic carbocycles. The average Bonchev–Trinajstić information content (AvgIpc) is 2.33. The number of aromatic nitrogens is 1. The topological polar surface area (TPSA) is 57.3 Å². The molecule has 2 heterocycles. The van der Waals surface area contributed by atoms with Crippen LogP contribution in [0.1, 0.15) is 50.9 Å². The van der Waals surface area contributed by atoms with Crippen LogP contribution in [0.4, 0.5) is 5.82 Å². The molecule has 2 N–H and O–H groups in total. The highest BCUT2D eigenvalue weighted by molar-refractivity contribution is 6.29. The second-order valence-corrected chi connectivity index (χ2v) is 8.29. The molecule has 0 bridgehead atoms. The van der Waals surface area contributed by atoms with E-state index < -0.39 is 0 Å². The lowest BCUT2D eigenvalue weighted by Crippen LogP contribution is -2.62. The summed E-state index contributed by atoms with van der Waals surface area (Å²) in [5.41, 5.74) is 0.525. The predicted molar refractivity (Wildman–Crippen MR) is 95.4 cm³/mol. The second kappa shape index (κ2) is 6.29. The van der Waals surface area contributed by atoms with Gasteiger partial charge in [0.2, 0.25) is 0 Å². The van der Waals surface area contributed by atoms with E-state index in [1.54, 1.807) is 12.1 Å². The smallest absolute Gasteiger partial charge is 0.251 e. The summed E-state index contributed by atoms with van der Waals surface area (Å²) < 4.78 is 0. The number of rotatable bonds is 3. The average molecular weight is 339 g/mol. The van der Waals surface area contributed by atoms with Crippen molar-refractivity contribution in [1.29, 1.82) is 0 Å². The molecular weight excluding hydrogens is 312 g/mol. The molecule has 2 rings (SSSR count). The highest BCUT2D eigenvalue weighted by Gasteiger charge is 2.38. The number of carbonyl (C=O) groups excluding carboxylic acids is 1. The Balaban J connectivity index is 2.16. The minimum absolute atomic E-state index is 0.00954. The molecule has 1 aromatic heterocycles. The van der Waals surface area contributed by atoms with Gasteiger partial charge in [0, 0.05) is 36.8 Å². The largest absolute Gasteiger partial charge is 0.363 e. The predicted octanol–water partition coefficient (Wildman–Crippen LogP) is 2.84. The van der Waals surface area contributed by atoms with Crippen LogP contribution in [0.15, 0.2) is 12.1 Å². The maximum absolute atomic E-state index is 12.6. The van der Waals surface area contributed by atoms with Crippen LogP contribution >= 0.6 is 11.6 Å². The van der Waals surface area contributed by atoms with Crippen molar-refractivity contribution in [3.63, 3.8) is 0 Å². The SMILES string of the molecule is CN(C)c1cc(C(=O)NC2CC(C)(C)NC(C)(C)C2)cc(Cl)n1. The molecule has 0 atom stereocenters. The molecule has 6 heteroatoms. The van der Waals surface area contributed by atoms with Crippen LogP contribution in [-0.4, -0.2) is 42.1 Å². The van der Waals surface area contributed by atoms with Crippen molar-refractivity contribution in [2.75, 3.05) is 19.0 Å². The van der Waals surface area contributed by atoms with Crippen molar-refractivity contribution in [3.8, 4) is 0 Å². The number of nitrogens with one attached hydrogen (secondary N) is 2. The van der Waals surface area contributed by atoms with Gasteiger partial charge in [0.05, 0.1) is 0 Å². The van der Waals surface area contributed by atoms with Crippen molar-refractivity contribution in [3.05, 3.63) is 22.8 Å². The van der Waals surface area contributed by atoms with Gasteiger partial charge < -0.3 is 15.5 Å². The number of anilines is 1. The zero-order valence-corrected chi connectivity index (χ0v) is 15.6. The van der Waals surface area contributed by atoms with Gasteiger partial charge in [0.1, 0.15) is 11.0 Å². The highest BCUT2D eigenvalue weighted by Crippen LogP contribution is 2.28. The number of hydrogen-bond acceptors (Lipinski definition) is 4. The van der Waals surface area contributed by atoms with Gasteiger partial charge in [0.15, 0.2) is 0 Å². The van der Waals surface area contributed by atoms with E-state index in [2.05, 4.69) is 43.3 Å². The summed E-state index contributed by atoms with van der Waals surface area (Å²) in [6.45, 7) is 8.67. The Labute approximate surface area is 143 Å². The molecule has 5 nitrogen and oxygen atoms in total. The molecule has 0 radical (unpaired) electrons. The molecule has 0 saturated carbocycles. The molecule has 1 amide bonds. The fourth-order valence-electron chi connectivity index (χ4n) is 3.54. The van der Waals surface area contributed by atoms with Gasteiger partial charge in [-0.1, -0.05) is 11.6 Å². The van der Waals surface area contributed by atoms with Crippen molar-refractivity contribution < 1.29 is 4.79 Å². The van der Waals surface area contributed by atoms with Crippen LogP contribution in [-0.2, 0) is 0 Å². The van der Waals surface area contributed by atoms with E-state index in [9.17, 15) is 4.79 Å². The summed E-state index contributed by atoms with van der Waals surface area (Å²) in [7, 11) is 3.75. The van der Waals surface area contributed by atoms with Gasteiger partial charge in [-0.05, 0) is 52.7 Å². The fourth-order valence-corrected chi connectivity index (χ4v) is 3.74. The van der Waals surface area contributed by atoms with Crippen molar-refractivity contribution in [2.45, 2.75) is 57.7 Å². The fraction of sp³-hybridized carbons (Fsp3) is 0.647. The first-order valence-electron chi connectivity index (χ1n) is 7.93. The minimum atomic E-state index is -0.101. The van der Waals surface area contributed by atoms with E-state index >= 15 is 0 Å². The van der Waals surface area contributed by atoms with E-state index in [-0.39, 0.29) is 23.0 Å². The third-order valence-corrected chi connectivity index (χ3v) is 4.22. The summed E-state index contributed by atoms with van der Waals surface area (Å²) in [5.74, 6) is 0.574. The first-order valence-corrected chi connectivity index (χ1v) is 8.30. The number of halogens is 1. The molecule has 1 fully saturated rings. The summed E-state index contributed by atoms with van der Waals surface area (Å²) in [4.78, 5) is 18.7. The molecule has 1 aliphatic rings. The van der Waals surface area contributed by atoms with Crippen molar-refractivity contribution in [2.24, 2.45) is 0 Å². The summed E-state index contributed by atoms with van der Waals surface area (Å²) in [5, 5.41) is 7.10. The Hall–Kier alpha value is -1.33. The number of piperidine rings is 1. The van der Waals surface area contributed by atoms with Gasteiger partial charge in [0.25, 0.3) is 5.91 Å². The van der Waals surface area contributed by atoms with E-state index in [1.807, 2.05) is 19.0 Å². The Morgan fingerprint density at radius 3 is 2.35 bits per heavy atom. The molecule has 1 aromatic rings. The molecule has 0 spiro atoms. The van der Waals surface area contributed by atoms with Crippen LogP contribution in [0.2, 0.25) is 5.15 Å². The summed E-state index contributed by atoms with van der Waals surface area (Å²) in [6.07, 6.45) is 1.78. The normalized spacial score (nSPS) is 20.1. The van der Waals surface area contributed by atoms with E-state index in [0.717, 1.165) is 12.8 Å². The summed E-state index contributed by atoms with van der Waals surface area (Å²) in [6, 6.07) is 3.50. The zero-order valence-electron chi connectivity index (χ0n) is 14.8. The number of pyridine rings is 1. The minimum Gasteiger partial charge on any atom is -0.363 e.